The molecule has 5 aromatic rings. The first kappa shape index (κ1) is 41.3. The number of amides is 6. The zero-order chi connectivity index (χ0) is 43.9. The van der Waals surface area contributed by atoms with Gasteiger partial charge in [-0.05, 0) is 85.5 Å². The summed E-state index contributed by atoms with van der Waals surface area (Å²) in [5, 5.41) is 13.5. The molecule has 0 spiro atoms. The summed E-state index contributed by atoms with van der Waals surface area (Å²) in [4.78, 5) is 102. The van der Waals surface area contributed by atoms with E-state index in [-0.39, 0.29) is 53.1 Å². The molecule has 17 heteroatoms. The van der Waals surface area contributed by atoms with Crippen molar-refractivity contribution in [3.63, 3.8) is 0 Å². The van der Waals surface area contributed by atoms with Gasteiger partial charge in [0.2, 0.25) is 11.8 Å². The summed E-state index contributed by atoms with van der Waals surface area (Å²) in [5.74, 6) is -2.17. The van der Waals surface area contributed by atoms with Crippen molar-refractivity contribution in [1.29, 1.82) is 0 Å². The van der Waals surface area contributed by atoms with Crippen LogP contribution in [0.4, 0.5) is 11.5 Å². The van der Waals surface area contributed by atoms with E-state index in [1.807, 2.05) is 29.2 Å². The lowest BCUT2D eigenvalue weighted by Gasteiger charge is -2.37. The van der Waals surface area contributed by atoms with E-state index in [0.717, 1.165) is 35.5 Å². The summed E-state index contributed by atoms with van der Waals surface area (Å²) in [5.41, 5.74) is 3.76. The van der Waals surface area contributed by atoms with Crippen molar-refractivity contribution in [2.24, 2.45) is 7.05 Å². The minimum atomic E-state index is -1.11. The normalized spacial score (nSPS) is 20.8. The number of likely N-dealkylation sites (tertiary alicyclic amines) is 1. The second kappa shape index (κ2) is 17.0. The maximum absolute atomic E-state index is 13.6. The molecule has 6 amide bonds. The number of hydrogen-bond acceptors (Lipinski definition) is 12. The van der Waals surface area contributed by atoms with Crippen molar-refractivity contribution in [2.75, 3.05) is 56.9 Å². The number of carbonyl (C=O) groups is 6. The molecule has 4 aliphatic rings. The number of nitrogens with zero attached hydrogens (tertiary/aromatic N) is 7. The molecule has 0 bridgehead atoms. The van der Waals surface area contributed by atoms with Crippen LogP contribution in [-0.2, 0) is 23.2 Å². The van der Waals surface area contributed by atoms with Crippen LogP contribution in [0, 0.1) is 0 Å². The molecule has 63 heavy (non-hydrogen) atoms. The van der Waals surface area contributed by atoms with Crippen molar-refractivity contribution in [2.45, 2.75) is 43.8 Å². The quantitative estimate of drug-likeness (QED) is 0.184. The van der Waals surface area contributed by atoms with Crippen LogP contribution in [0.25, 0.3) is 10.9 Å². The molecule has 3 N–H and O–H groups in total. The van der Waals surface area contributed by atoms with Gasteiger partial charge in [0.05, 0.1) is 22.2 Å². The maximum Gasteiger partial charge on any atom is 0.276 e. The SMILES string of the molecule is CN1C[C@H](Nc2nn(C)c(=O)c3cccnc23)C[C@H](c2ccc(C(=O)N3CCN(Cc4ccc(C(=O)Nc5cccc6c5C(=O)N(C5CCC(=O)NC5=O)C6=O)cc4)CC3)cc2)C1. The first-order valence-corrected chi connectivity index (χ1v) is 21.1. The first-order chi connectivity index (χ1) is 30.4. The maximum atomic E-state index is 13.6. The van der Waals surface area contributed by atoms with Gasteiger partial charge in [0.25, 0.3) is 29.2 Å². The predicted octanol–water partition coefficient (Wildman–Crippen LogP) is 2.84. The zero-order valence-corrected chi connectivity index (χ0v) is 34.9. The van der Waals surface area contributed by atoms with Gasteiger partial charge in [-0.15, -0.1) is 0 Å². The Morgan fingerprint density at radius 2 is 1.57 bits per heavy atom. The standard InChI is InChI=1S/C46H46N10O7/c1-52-25-31(23-32(26-52)48-40-39-34(6-4-18-47-39)44(61)53(2)51-40)28-12-14-30(15-13-28)43(60)55-21-19-54(20-22-55)24-27-8-10-29(11-9-27)41(58)49-35-7-3-5-33-38(35)46(63)56(45(33)62)36-16-17-37(57)50-42(36)59/h3-15,18,31-32,36H,16-17,19-26H2,1-2H3,(H,48,51)(H,49,58)(H,50,57,59)/t31-,32+,36?/m0/s1. The van der Waals surface area contributed by atoms with E-state index in [2.05, 4.69) is 55.0 Å². The van der Waals surface area contributed by atoms with Gasteiger partial charge < -0.3 is 20.4 Å². The number of piperidine rings is 2. The van der Waals surface area contributed by atoms with Crippen molar-refractivity contribution in [1.82, 2.24) is 39.7 Å². The van der Waals surface area contributed by atoms with Gasteiger partial charge in [0.1, 0.15) is 11.6 Å². The number of likely N-dealkylation sites (N-methyl/N-ethyl adjacent to an activating group) is 1. The summed E-state index contributed by atoms with van der Waals surface area (Å²) in [6.45, 7) is 4.84. The van der Waals surface area contributed by atoms with Crippen molar-refractivity contribution in [3.8, 4) is 0 Å². The lowest BCUT2D eigenvalue weighted by molar-refractivity contribution is -0.136. The summed E-state index contributed by atoms with van der Waals surface area (Å²) >= 11 is 0. The van der Waals surface area contributed by atoms with Crippen LogP contribution in [0.5, 0.6) is 0 Å². The van der Waals surface area contributed by atoms with Crippen LogP contribution in [0.15, 0.2) is 89.9 Å². The number of fused-ring (bicyclic) bond motifs is 2. The third kappa shape index (κ3) is 8.19. The van der Waals surface area contributed by atoms with Crippen molar-refractivity contribution < 1.29 is 28.8 Å². The number of rotatable bonds is 9. The predicted molar refractivity (Wildman–Crippen MR) is 232 cm³/mol. The van der Waals surface area contributed by atoms with E-state index in [1.54, 1.807) is 43.6 Å². The molecule has 322 valence electrons. The molecule has 17 nitrogen and oxygen atoms in total. The highest BCUT2D eigenvalue weighted by atomic mass is 16.2. The van der Waals surface area contributed by atoms with Crippen LogP contribution in [0.1, 0.15) is 77.7 Å². The highest BCUT2D eigenvalue weighted by Crippen LogP contribution is 2.33. The highest BCUT2D eigenvalue weighted by molar-refractivity contribution is 6.26. The number of piperazine rings is 1. The fourth-order valence-electron chi connectivity index (χ4n) is 9.16. The Balaban J connectivity index is 0.767. The Kier molecular flexibility index (Phi) is 11.1. The fourth-order valence-corrected chi connectivity index (χ4v) is 9.16. The van der Waals surface area contributed by atoms with Gasteiger partial charge in [-0.25, -0.2) is 4.68 Å². The second-order valence-corrected chi connectivity index (χ2v) is 16.7. The van der Waals surface area contributed by atoms with E-state index in [0.29, 0.717) is 60.6 Å². The Hall–Kier alpha value is -7.11. The molecule has 3 aromatic carbocycles. The van der Waals surface area contributed by atoms with Crippen LogP contribution in [0.3, 0.4) is 0 Å². The van der Waals surface area contributed by atoms with Crippen molar-refractivity contribution in [3.05, 3.63) is 129 Å². The molecule has 4 aliphatic heterocycles. The largest absolute Gasteiger partial charge is 0.363 e. The van der Waals surface area contributed by atoms with E-state index in [9.17, 15) is 33.6 Å². The van der Waals surface area contributed by atoms with E-state index in [4.69, 9.17) is 0 Å². The third-order valence-electron chi connectivity index (χ3n) is 12.4. The number of carbonyl (C=O) groups excluding carboxylic acids is 6. The molecule has 3 fully saturated rings. The summed E-state index contributed by atoms with van der Waals surface area (Å²) in [6, 6.07) is 22.1. The molecule has 3 atom stereocenters. The molecular weight excluding hydrogens is 805 g/mol. The van der Waals surface area contributed by atoms with Gasteiger partial charge in [-0.3, -0.25) is 53.7 Å². The van der Waals surface area contributed by atoms with Crippen LogP contribution in [0.2, 0.25) is 0 Å². The summed E-state index contributed by atoms with van der Waals surface area (Å²) < 4.78 is 1.34. The monoisotopic (exact) mass is 850 g/mol. The number of anilines is 2. The molecule has 1 unspecified atom stereocenters. The van der Waals surface area contributed by atoms with Crippen molar-refractivity contribution >= 4 is 57.9 Å². The average Bonchev–Trinajstić information content (AvgIpc) is 3.54. The smallest absolute Gasteiger partial charge is 0.276 e. The minimum absolute atomic E-state index is 0.00387. The van der Waals surface area contributed by atoms with Crippen LogP contribution >= 0.6 is 0 Å². The fraction of sp³-hybridized carbons (Fsp3) is 0.326. The molecule has 2 aromatic heterocycles. The second-order valence-electron chi connectivity index (χ2n) is 16.7. The number of benzene rings is 3. The number of aryl methyl sites for hydroxylation is 1. The summed E-state index contributed by atoms with van der Waals surface area (Å²) in [6.07, 6.45) is 2.56. The topological polar surface area (TPSA) is 199 Å². The van der Waals surface area contributed by atoms with Crippen LogP contribution < -0.4 is 21.5 Å². The molecule has 9 rings (SSSR count). The Morgan fingerprint density at radius 3 is 2.32 bits per heavy atom. The minimum Gasteiger partial charge on any atom is -0.363 e. The Bertz CT molecular complexity index is 2730. The van der Waals surface area contributed by atoms with Gasteiger partial charge in [-0.1, -0.05) is 30.3 Å². The van der Waals surface area contributed by atoms with Gasteiger partial charge >= 0.3 is 0 Å². The zero-order valence-electron chi connectivity index (χ0n) is 34.9. The average molecular weight is 851 g/mol. The number of hydrogen-bond donors (Lipinski definition) is 3. The van der Waals surface area contributed by atoms with E-state index < -0.39 is 35.6 Å². The number of imide groups is 2. The van der Waals surface area contributed by atoms with Crippen LogP contribution in [-0.4, -0.2) is 128 Å². The number of aromatic nitrogens is 3. The summed E-state index contributed by atoms with van der Waals surface area (Å²) in [7, 11) is 3.73. The van der Waals surface area contributed by atoms with Gasteiger partial charge in [0, 0.05) is 82.6 Å². The molecule has 3 saturated heterocycles. The van der Waals surface area contributed by atoms with Gasteiger partial charge in [-0.2, -0.15) is 5.10 Å². The Labute approximate surface area is 362 Å². The van der Waals surface area contributed by atoms with Gasteiger partial charge in [0.15, 0.2) is 5.82 Å². The van der Waals surface area contributed by atoms with E-state index in [1.165, 1.54) is 16.8 Å². The molecule has 0 aliphatic carbocycles. The number of nitrogens with one attached hydrogen (secondary N) is 3. The Morgan fingerprint density at radius 1 is 0.825 bits per heavy atom. The number of pyridine rings is 1. The third-order valence-corrected chi connectivity index (χ3v) is 12.4. The lowest BCUT2D eigenvalue weighted by Crippen LogP contribution is -2.54. The highest BCUT2D eigenvalue weighted by Gasteiger charge is 2.46. The lowest BCUT2D eigenvalue weighted by atomic mass is 9.87. The molecular formula is C46H46N10O7. The van der Waals surface area contributed by atoms with E-state index >= 15 is 0 Å². The molecule has 0 saturated carbocycles. The molecule has 0 radical (unpaired) electrons. The molecule has 6 heterocycles. The first-order valence-electron chi connectivity index (χ1n) is 21.1.